The lowest BCUT2D eigenvalue weighted by molar-refractivity contribution is 0.408. The van der Waals surface area contributed by atoms with Gasteiger partial charge in [0.25, 0.3) is 0 Å². The van der Waals surface area contributed by atoms with Crippen LogP contribution in [0.1, 0.15) is 31.0 Å². The van der Waals surface area contributed by atoms with Gasteiger partial charge < -0.3 is 14.6 Å². The normalized spacial score (nSPS) is 12.4. The van der Waals surface area contributed by atoms with Crippen LogP contribution in [0, 0.1) is 0 Å². The van der Waals surface area contributed by atoms with Gasteiger partial charge in [0.1, 0.15) is 5.75 Å². The van der Waals surface area contributed by atoms with Crippen LogP contribution in [0.4, 0.5) is 0 Å². The van der Waals surface area contributed by atoms with Crippen LogP contribution in [-0.4, -0.2) is 18.2 Å². The third kappa shape index (κ3) is 3.56. The van der Waals surface area contributed by atoms with Crippen LogP contribution in [0.5, 0.6) is 5.75 Å². The molecule has 4 heteroatoms. The van der Waals surface area contributed by atoms with Crippen molar-refractivity contribution in [3.63, 3.8) is 0 Å². The number of rotatable bonds is 6. The molecule has 0 aliphatic rings. The van der Waals surface area contributed by atoms with E-state index in [1.807, 2.05) is 18.2 Å². The van der Waals surface area contributed by atoms with E-state index >= 15 is 0 Å². The molecule has 20 heavy (non-hydrogen) atoms. The molecule has 1 atom stereocenters. The fourth-order valence-electron chi connectivity index (χ4n) is 2.31. The largest absolute Gasteiger partial charge is 0.496 e. The predicted molar refractivity (Wildman–Crippen MR) is 83.6 cm³/mol. The number of hydrogen-bond acceptors (Lipinski definition) is 2. The zero-order valence-electron chi connectivity index (χ0n) is 12.2. The molecule has 2 aromatic rings. The van der Waals surface area contributed by atoms with E-state index < -0.39 is 0 Å². The third-order valence-electron chi connectivity index (χ3n) is 3.38. The third-order valence-corrected chi connectivity index (χ3v) is 3.61. The predicted octanol–water partition coefficient (Wildman–Crippen LogP) is 3.87. The van der Waals surface area contributed by atoms with Gasteiger partial charge in [0.05, 0.1) is 13.7 Å². The summed E-state index contributed by atoms with van der Waals surface area (Å²) in [4.78, 5) is 0. The van der Waals surface area contributed by atoms with Crippen molar-refractivity contribution in [3.8, 4) is 5.75 Å². The van der Waals surface area contributed by atoms with E-state index in [9.17, 15) is 0 Å². The lowest BCUT2D eigenvalue weighted by atomic mass is 10.2. The molecular weight excluding hydrogens is 272 g/mol. The Balaban J connectivity index is 2.16. The number of nitrogens with zero attached hydrogens (tertiary/aromatic N) is 1. The first-order valence-corrected chi connectivity index (χ1v) is 7.23. The van der Waals surface area contributed by atoms with E-state index in [1.165, 1.54) is 5.56 Å². The van der Waals surface area contributed by atoms with Gasteiger partial charge in [-0.2, -0.15) is 0 Å². The van der Waals surface area contributed by atoms with Crippen molar-refractivity contribution in [2.75, 3.05) is 13.7 Å². The fraction of sp³-hybridized carbons (Fsp3) is 0.375. The van der Waals surface area contributed by atoms with Crippen LogP contribution in [0.3, 0.4) is 0 Å². The van der Waals surface area contributed by atoms with Gasteiger partial charge in [-0.3, -0.25) is 0 Å². The highest BCUT2D eigenvalue weighted by Crippen LogP contribution is 2.24. The van der Waals surface area contributed by atoms with Gasteiger partial charge in [-0.05, 0) is 43.3 Å². The first-order valence-electron chi connectivity index (χ1n) is 6.85. The second-order valence-corrected chi connectivity index (χ2v) is 5.29. The fourth-order valence-corrected chi connectivity index (χ4v) is 2.50. The first kappa shape index (κ1) is 14.9. The number of nitrogens with one attached hydrogen (secondary N) is 1. The maximum absolute atomic E-state index is 6.06. The van der Waals surface area contributed by atoms with Crippen LogP contribution in [0.15, 0.2) is 36.7 Å². The van der Waals surface area contributed by atoms with Crippen LogP contribution in [0.2, 0.25) is 5.02 Å². The minimum absolute atomic E-state index is 0.363. The molecule has 0 bridgehead atoms. The summed E-state index contributed by atoms with van der Waals surface area (Å²) < 4.78 is 7.53. The molecule has 1 unspecified atom stereocenters. The number of halogens is 1. The summed E-state index contributed by atoms with van der Waals surface area (Å²) in [5, 5.41) is 4.14. The van der Waals surface area contributed by atoms with Crippen LogP contribution in [0.25, 0.3) is 0 Å². The number of aromatic nitrogens is 1. The van der Waals surface area contributed by atoms with Gasteiger partial charge in [0.2, 0.25) is 0 Å². The van der Waals surface area contributed by atoms with Crippen molar-refractivity contribution in [3.05, 3.63) is 52.8 Å². The van der Waals surface area contributed by atoms with Gasteiger partial charge in [0, 0.05) is 29.0 Å². The van der Waals surface area contributed by atoms with Crippen molar-refractivity contribution < 1.29 is 4.74 Å². The van der Waals surface area contributed by atoms with E-state index in [0.717, 1.165) is 29.4 Å². The summed E-state index contributed by atoms with van der Waals surface area (Å²) in [6.07, 6.45) is 4.25. The van der Waals surface area contributed by atoms with Crippen LogP contribution >= 0.6 is 11.6 Å². The topological polar surface area (TPSA) is 26.2 Å². The van der Waals surface area contributed by atoms with Crippen LogP contribution in [-0.2, 0) is 6.54 Å². The Kier molecular flexibility index (Phi) is 5.10. The molecule has 1 N–H and O–H groups in total. The minimum atomic E-state index is 0.363. The van der Waals surface area contributed by atoms with E-state index in [2.05, 4.69) is 42.2 Å². The average molecular weight is 293 g/mol. The van der Waals surface area contributed by atoms with E-state index in [4.69, 9.17) is 16.3 Å². The molecule has 3 nitrogen and oxygen atoms in total. The molecule has 0 aliphatic carbocycles. The minimum Gasteiger partial charge on any atom is -0.496 e. The molecular formula is C16H21ClN2O. The molecule has 0 radical (unpaired) electrons. The average Bonchev–Trinajstić information content (AvgIpc) is 2.88. The van der Waals surface area contributed by atoms with E-state index in [-0.39, 0.29) is 0 Å². The number of benzene rings is 1. The van der Waals surface area contributed by atoms with E-state index in [0.29, 0.717) is 6.04 Å². The number of hydrogen-bond donors (Lipinski definition) is 1. The summed E-state index contributed by atoms with van der Waals surface area (Å²) in [5.41, 5.74) is 2.37. The van der Waals surface area contributed by atoms with Gasteiger partial charge in [-0.1, -0.05) is 18.5 Å². The molecule has 1 aromatic heterocycles. The monoisotopic (exact) mass is 292 g/mol. The summed E-state index contributed by atoms with van der Waals surface area (Å²) >= 11 is 6.06. The molecule has 0 saturated heterocycles. The SMILES string of the molecule is CCNC(C)c1ccn(Cc2cc(Cl)ccc2OC)c1. The maximum Gasteiger partial charge on any atom is 0.123 e. The highest BCUT2D eigenvalue weighted by molar-refractivity contribution is 6.30. The molecule has 108 valence electrons. The summed E-state index contributed by atoms with van der Waals surface area (Å²) in [5.74, 6) is 0.865. The Labute approximate surface area is 125 Å². The summed E-state index contributed by atoms with van der Waals surface area (Å²) in [7, 11) is 1.68. The highest BCUT2D eigenvalue weighted by Gasteiger charge is 2.08. The maximum atomic E-state index is 6.06. The Morgan fingerprint density at radius 3 is 2.85 bits per heavy atom. The molecule has 0 aliphatic heterocycles. The van der Waals surface area contributed by atoms with Crippen LogP contribution < -0.4 is 10.1 Å². The lowest BCUT2D eigenvalue weighted by Crippen LogP contribution is -2.17. The summed E-state index contributed by atoms with van der Waals surface area (Å²) in [6, 6.07) is 8.21. The second-order valence-electron chi connectivity index (χ2n) is 4.85. The molecule has 1 aromatic carbocycles. The Morgan fingerprint density at radius 1 is 1.35 bits per heavy atom. The molecule has 1 heterocycles. The second kappa shape index (κ2) is 6.82. The Bertz CT molecular complexity index is 565. The zero-order chi connectivity index (χ0) is 14.5. The van der Waals surface area contributed by atoms with Gasteiger partial charge in [-0.15, -0.1) is 0 Å². The van der Waals surface area contributed by atoms with Gasteiger partial charge >= 0.3 is 0 Å². The smallest absolute Gasteiger partial charge is 0.123 e. The molecule has 0 fully saturated rings. The molecule has 0 spiro atoms. The molecule has 0 saturated carbocycles. The molecule has 0 amide bonds. The van der Waals surface area contributed by atoms with Crippen molar-refractivity contribution in [2.45, 2.75) is 26.4 Å². The highest BCUT2D eigenvalue weighted by atomic mass is 35.5. The Hall–Kier alpha value is -1.45. The summed E-state index contributed by atoms with van der Waals surface area (Å²) in [6.45, 7) is 6.00. The van der Waals surface area contributed by atoms with Crippen molar-refractivity contribution in [1.82, 2.24) is 9.88 Å². The lowest BCUT2D eigenvalue weighted by Gasteiger charge is -2.11. The van der Waals surface area contributed by atoms with E-state index in [1.54, 1.807) is 7.11 Å². The zero-order valence-corrected chi connectivity index (χ0v) is 12.9. The first-order chi connectivity index (χ1) is 9.63. The quantitative estimate of drug-likeness (QED) is 0.875. The van der Waals surface area contributed by atoms with Gasteiger partial charge in [-0.25, -0.2) is 0 Å². The van der Waals surface area contributed by atoms with Crippen molar-refractivity contribution >= 4 is 11.6 Å². The van der Waals surface area contributed by atoms with Crippen molar-refractivity contribution in [2.24, 2.45) is 0 Å². The number of methoxy groups -OCH3 is 1. The Morgan fingerprint density at radius 2 is 2.15 bits per heavy atom. The van der Waals surface area contributed by atoms with Crippen molar-refractivity contribution in [1.29, 1.82) is 0 Å². The van der Waals surface area contributed by atoms with Gasteiger partial charge in [0.15, 0.2) is 0 Å². The standard InChI is InChI=1S/C16H21ClN2O/c1-4-18-12(2)13-7-8-19(10-13)11-14-9-15(17)5-6-16(14)20-3/h5-10,12,18H,4,11H2,1-3H3. The number of ether oxygens (including phenoxy) is 1. The molecule has 2 rings (SSSR count).